The third kappa shape index (κ3) is 4.40. The van der Waals surface area contributed by atoms with Gasteiger partial charge in [-0.15, -0.1) is 0 Å². The average Bonchev–Trinajstić information content (AvgIpc) is 2.26. The average molecular weight is 334 g/mol. The first-order chi connectivity index (χ1) is 9.20. The van der Waals surface area contributed by atoms with Crippen molar-refractivity contribution in [3.63, 3.8) is 0 Å². The molecule has 0 saturated heterocycles. The lowest BCUT2D eigenvalue weighted by Gasteiger charge is -2.34. The largest absolute Gasteiger partial charge is 0.460 e. The number of halogens is 9. The Morgan fingerprint density at radius 2 is 1.29 bits per heavy atom. The summed E-state index contributed by atoms with van der Waals surface area (Å²) in [6, 6.07) is 0. The zero-order chi connectivity index (χ0) is 17.1. The lowest BCUT2D eigenvalue weighted by Crippen LogP contribution is -2.62. The summed E-state index contributed by atoms with van der Waals surface area (Å²) in [5.41, 5.74) is 0. The van der Waals surface area contributed by atoms with Crippen molar-refractivity contribution in [3.8, 4) is 0 Å². The maximum Gasteiger partial charge on any atom is 0.460 e. The Morgan fingerprint density at radius 3 is 1.67 bits per heavy atom. The van der Waals surface area contributed by atoms with Crippen molar-refractivity contribution >= 4 is 0 Å². The van der Waals surface area contributed by atoms with E-state index >= 15 is 0 Å². The Hall–Kier alpha value is -0.670. The summed E-state index contributed by atoms with van der Waals surface area (Å²) < 4.78 is 116. The number of ether oxygens (including phenoxy) is 1. The van der Waals surface area contributed by atoms with Crippen molar-refractivity contribution in [1.82, 2.24) is 0 Å². The Balaban J connectivity index is 5.03. The highest BCUT2D eigenvalue weighted by Crippen LogP contribution is 2.53. The maximum absolute atomic E-state index is 13.0. The van der Waals surface area contributed by atoms with Crippen LogP contribution in [0.15, 0.2) is 0 Å². The minimum atomic E-state index is -6.91. The second-order valence-electron chi connectivity index (χ2n) is 4.59. The molecular weight excluding hydrogens is 319 g/mol. The van der Waals surface area contributed by atoms with Crippen LogP contribution >= 0.6 is 0 Å². The molecular formula is C11H15F9O. The van der Waals surface area contributed by atoms with Crippen molar-refractivity contribution < 1.29 is 44.3 Å². The van der Waals surface area contributed by atoms with Crippen molar-refractivity contribution in [2.45, 2.75) is 69.8 Å². The minimum Gasteiger partial charge on any atom is -0.312 e. The van der Waals surface area contributed by atoms with E-state index in [1.165, 1.54) is 0 Å². The molecule has 0 aliphatic carbocycles. The van der Waals surface area contributed by atoms with Gasteiger partial charge in [0.1, 0.15) is 0 Å². The molecule has 0 amide bonds. The van der Waals surface area contributed by atoms with Gasteiger partial charge in [-0.05, 0) is 13.3 Å². The zero-order valence-electron chi connectivity index (χ0n) is 11.2. The normalized spacial score (nSPS) is 16.1. The summed E-state index contributed by atoms with van der Waals surface area (Å²) in [6.07, 6.45) is -13.0. The van der Waals surface area contributed by atoms with Gasteiger partial charge in [0.2, 0.25) is 0 Å². The summed E-state index contributed by atoms with van der Waals surface area (Å²) in [6.45, 7) is 2.66. The van der Waals surface area contributed by atoms with E-state index in [9.17, 15) is 39.5 Å². The first-order valence-corrected chi connectivity index (χ1v) is 6.08. The van der Waals surface area contributed by atoms with Gasteiger partial charge >= 0.3 is 24.1 Å². The molecule has 0 aliphatic heterocycles. The molecule has 0 bridgehead atoms. The van der Waals surface area contributed by atoms with E-state index in [1.807, 2.05) is 0 Å². The van der Waals surface area contributed by atoms with Crippen LogP contribution in [0.2, 0.25) is 0 Å². The maximum atomic E-state index is 13.0. The molecule has 1 nitrogen and oxygen atoms in total. The van der Waals surface area contributed by atoms with Crippen LogP contribution in [0.3, 0.4) is 0 Å². The molecule has 21 heavy (non-hydrogen) atoms. The highest BCUT2D eigenvalue weighted by molar-refractivity contribution is 4.96. The van der Waals surface area contributed by atoms with Crippen molar-refractivity contribution in [3.05, 3.63) is 0 Å². The molecule has 0 aromatic heterocycles. The highest BCUT2D eigenvalue weighted by Gasteiger charge is 2.83. The van der Waals surface area contributed by atoms with E-state index in [2.05, 4.69) is 4.74 Å². The van der Waals surface area contributed by atoms with Crippen LogP contribution in [0.1, 0.15) is 39.5 Å². The van der Waals surface area contributed by atoms with Crippen LogP contribution < -0.4 is 0 Å². The van der Waals surface area contributed by atoms with E-state index in [0.717, 1.165) is 6.92 Å². The number of hydrogen-bond donors (Lipinski definition) is 0. The first kappa shape index (κ1) is 20.3. The molecule has 0 saturated carbocycles. The SMILES string of the molecule is CCCCCC(C)OC(F)(F)C(F)(F)C(F)(F)C(F)(F)F. The summed E-state index contributed by atoms with van der Waals surface area (Å²) in [5.74, 6) is -13.6. The summed E-state index contributed by atoms with van der Waals surface area (Å²) in [5, 5.41) is 0. The van der Waals surface area contributed by atoms with Crippen LogP contribution in [-0.4, -0.2) is 30.2 Å². The van der Waals surface area contributed by atoms with Crippen LogP contribution in [-0.2, 0) is 4.74 Å². The molecule has 10 heteroatoms. The second-order valence-corrected chi connectivity index (χ2v) is 4.59. The zero-order valence-corrected chi connectivity index (χ0v) is 11.2. The van der Waals surface area contributed by atoms with E-state index in [-0.39, 0.29) is 12.8 Å². The predicted molar refractivity (Wildman–Crippen MR) is 55.6 cm³/mol. The molecule has 0 aromatic carbocycles. The number of alkyl halides is 9. The van der Waals surface area contributed by atoms with Crippen molar-refractivity contribution in [2.75, 3.05) is 0 Å². The molecule has 0 heterocycles. The monoisotopic (exact) mass is 334 g/mol. The molecule has 0 aliphatic rings. The summed E-state index contributed by atoms with van der Waals surface area (Å²) in [7, 11) is 0. The minimum absolute atomic E-state index is 0.170. The third-order valence-corrected chi connectivity index (χ3v) is 2.68. The topological polar surface area (TPSA) is 9.23 Å². The smallest absolute Gasteiger partial charge is 0.312 e. The van der Waals surface area contributed by atoms with Crippen molar-refractivity contribution in [1.29, 1.82) is 0 Å². The van der Waals surface area contributed by atoms with Gasteiger partial charge in [0.05, 0.1) is 6.10 Å². The Morgan fingerprint density at radius 1 is 0.810 bits per heavy atom. The van der Waals surface area contributed by atoms with Gasteiger partial charge < -0.3 is 4.74 Å². The third-order valence-electron chi connectivity index (χ3n) is 2.68. The van der Waals surface area contributed by atoms with Gasteiger partial charge in [0.25, 0.3) is 0 Å². The molecule has 0 rings (SSSR count). The molecule has 0 fully saturated rings. The number of unbranched alkanes of at least 4 members (excludes halogenated alkanes) is 2. The van der Waals surface area contributed by atoms with E-state index in [4.69, 9.17) is 0 Å². The number of hydrogen-bond acceptors (Lipinski definition) is 1. The summed E-state index contributed by atoms with van der Waals surface area (Å²) >= 11 is 0. The Labute approximate surface area is 115 Å². The lowest BCUT2D eigenvalue weighted by atomic mass is 10.1. The van der Waals surface area contributed by atoms with Crippen LogP contribution in [0.5, 0.6) is 0 Å². The molecule has 128 valence electrons. The van der Waals surface area contributed by atoms with E-state index in [1.54, 1.807) is 6.92 Å². The van der Waals surface area contributed by atoms with Crippen LogP contribution in [0.25, 0.3) is 0 Å². The van der Waals surface area contributed by atoms with E-state index < -0.39 is 30.2 Å². The lowest BCUT2D eigenvalue weighted by molar-refractivity contribution is -0.449. The molecule has 0 aromatic rings. The molecule has 0 N–H and O–H groups in total. The van der Waals surface area contributed by atoms with Crippen LogP contribution in [0, 0.1) is 0 Å². The summed E-state index contributed by atoms with van der Waals surface area (Å²) in [4.78, 5) is 0. The van der Waals surface area contributed by atoms with Gasteiger partial charge in [0, 0.05) is 0 Å². The molecule has 0 spiro atoms. The van der Waals surface area contributed by atoms with Gasteiger partial charge in [0.15, 0.2) is 0 Å². The standard InChI is InChI=1S/C11H15F9O/c1-3-4-5-6-7(2)21-11(19,20)9(14,15)8(12,13)10(16,17)18/h7H,3-6H2,1-2H3. The predicted octanol–water partition coefficient (Wildman–Crippen LogP) is 5.40. The first-order valence-electron chi connectivity index (χ1n) is 6.08. The molecule has 1 atom stereocenters. The van der Waals surface area contributed by atoms with Gasteiger partial charge in [-0.25, -0.2) is 0 Å². The molecule has 0 radical (unpaired) electrons. The van der Waals surface area contributed by atoms with Gasteiger partial charge in [-0.3, -0.25) is 0 Å². The van der Waals surface area contributed by atoms with Gasteiger partial charge in [-0.2, -0.15) is 39.5 Å². The Kier molecular flexibility index (Phi) is 6.41. The fourth-order valence-corrected chi connectivity index (χ4v) is 1.43. The van der Waals surface area contributed by atoms with Crippen molar-refractivity contribution in [2.24, 2.45) is 0 Å². The van der Waals surface area contributed by atoms with Gasteiger partial charge in [-0.1, -0.05) is 26.2 Å². The molecule has 1 unspecified atom stereocenters. The quantitative estimate of drug-likeness (QED) is 0.427. The second kappa shape index (κ2) is 6.62. The Bertz CT molecular complexity index is 324. The van der Waals surface area contributed by atoms with Crippen LogP contribution in [0.4, 0.5) is 39.5 Å². The highest BCUT2D eigenvalue weighted by atomic mass is 19.4. The fourth-order valence-electron chi connectivity index (χ4n) is 1.43. The number of rotatable bonds is 8. The fraction of sp³-hybridized carbons (Fsp3) is 1.00. The van der Waals surface area contributed by atoms with E-state index in [0.29, 0.717) is 12.8 Å².